The lowest BCUT2D eigenvalue weighted by molar-refractivity contribution is -0.121. The van der Waals surface area contributed by atoms with E-state index in [0.717, 1.165) is 22.7 Å². The predicted octanol–water partition coefficient (Wildman–Crippen LogP) is 2.11. The maximum Gasteiger partial charge on any atom is 0.223 e. The second kappa shape index (κ2) is 6.75. The molecule has 2 aromatic rings. The third-order valence-corrected chi connectivity index (χ3v) is 3.08. The first-order valence-corrected chi connectivity index (χ1v) is 6.62. The minimum atomic E-state index is -0.0269. The predicted molar refractivity (Wildman–Crippen MR) is 76.5 cm³/mol. The zero-order valence-corrected chi connectivity index (χ0v) is 11.8. The van der Waals surface area contributed by atoms with Crippen LogP contribution in [-0.2, 0) is 11.3 Å². The minimum absolute atomic E-state index is 0.0269. The molecule has 2 N–H and O–H groups in total. The Bertz CT molecular complexity index is 544. The van der Waals surface area contributed by atoms with Crippen molar-refractivity contribution in [3.63, 3.8) is 0 Å². The number of aromatic amines is 1. The second-order valence-corrected chi connectivity index (χ2v) is 4.60. The number of hydrogen-bond donors (Lipinski definition) is 2. The van der Waals surface area contributed by atoms with Crippen LogP contribution >= 0.6 is 0 Å². The Morgan fingerprint density at radius 3 is 2.70 bits per heavy atom. The summed E-state index contributed by atoms with van der Waals surface area (Å²) in [5.74, 6) is 0.753. The van der Waals surface area contributed by atoms with Crippen LogP contribution in [-0.4, -0.2) is 22.7 Å². The van der Waals surface area contributed by atoms with E-state index >= 15 is 0 Å². The normalized spacial score (nSPS) is 10.3. The second-order valence-electron chi connectivity index (χ2n) is 4.60. The number of ether oxygens (including phenoxy) is 1. The van der Waals surface area contributed by atoms with Crippen molar-refractivity contribution in [2.75, 3.05) is 6.61 Å². The molecule has 1 amide bonds. The highest BCUT2D eigenvalue weighted by Gasteiger charge is 2.08. The number of nitrogens with one attached hydrogen (secondary N) is 2. The molecule has 0 aliphatic carbocycles. The van der Waals surface area contributed by atoms with E-state index in [9.17, 15) is 4.79 Å². The van der Waals surface area contributed by atoms with Crippen LogP contribution in [0.2, 0.25) is 0 Å². The zero-order valence-electron chi connectivity index (χ0n) is 11.8. The first-order valence-electron chi connectivity index (χ1n) is 6.62. The maximum absolute atomic E-state index is 11.7. The number of benzene rings is 1. The van der Waals surface area contributed by atoms with Gasteiger partial charge >= 0.3 is 0 Å². The minimum Gasteiger partial charge on any atom is -0.493 e. The Hall–Kier alpha value is -2.30. The SMILES string of the molecule is Cc1n[nH]c(C)c1CNC(=O)CCOc1ccccc1. The number of rotatable bonds is 6. The molecule has 1 aromatic carbocycles. The Balaban J connectivity index is 1.71. The summed E-state index contributed by atoms with van der Waals surface area (Å²) in [6.07, 6.45) is 0.338. The van der Waals surface area contributed by atoms with E-state index < -0.39 is 0 Å². The third-order valence-electron chi connectivity index (χ3n) is 3.08. The Kier molecular flexibility index (Phi) is 4.76. The number of H-pyrrole nitrogens is 1. The maximum atomic E-state index is 11.7. The smallest absolute Gasteiger partial charge is 0.223 e. The summed E-state index contributed by atoms with van der Waals surface area (Å²) in [6.45, 7) is 4.74. The average Bonchev–Trinajstić information content (AvgIpc) is 2.77. The lowest BCUT2D eigenvalue weighted by Crippen LogP contribution is -2.24. The van der Waals surface area contributed by atoms with E-state index in [1.807, 2.05) is 44.2 Å². The van der Waals surface area contributed by atoms with Crippen LogP contribution in [0.4, 0.5) is 0 Å². The van der Waals surface area contributed by atoms with Crippen molar-refractivity contribution in [3.8, 4) is 5.75 Å². The van der Waals surface area contributed by atoms with Crippen molar-refractivity contribution in [2.45, 2.75) is 26.8 Å². The van der Waals surface area contributed by atoms with Crippen LogP contribution in [0.1, 0.15) is 23.4 Å². The van der Waals surface area contributed by atoms with Crippen LogP contribution in [0.3, 0.4) is 0 Å². The summed E-state index contributed by atoms with van der Waals surface area (Å²) in [6, 6.07) is 9.47. The molecule has 0 aliphatic rings. The zero-order chi connectivity index (χ0) is 14.4. The van der Waals surface area contributed by atoms with Gasteiger partial charge in [0, 0.05) is 17.8 Å². The van der Waals surface area contributed by atoms with Crippen LogP contribution in [0.15, 0.2) is 30.3 Å². The summed E-state index contributed by atoms with van der Waals surface area (Å²) in [7, 11) is 0. The summed E-state index contributed by atoms with van der Waals surface area (Å²) in [4.78, 5) is 11.7. The van der Waals surface area contributed by atoms with Gasteiger partial charge in [0.05, 0.1) is 18.7 Å². The van der Waals surface area contributed by atoms with Crippen LogP contribution in [0.25, 0.3) is 0 Å². The van der Waals surface area contributed by atoms with Crippen LogP contribution < -0.4 is 10.1 Å². The van der Waals surface area contributed by atoms with Gasteiger partial charge in [0.2, 0.25) is 5.91 Å². The van der Waals surface area contributed by atoms with Crippen LogP contribution in [0, 0.1) is 13.8 Å². The van der Waals surface area contributed by atoms with Crippen molar-refractivity contribution in [2.24, 2.45) is 0 Å². The van der Waals surface area contributed by atoms with E-state index in [1.165, 1.54) is 0 Å². The Labute approximate surface area is 118 Å². The number of hydrogen-bond acceptors (Lipinski definition) is 3. The fraction of sp³-hybridized carbons (Fsp3) is 0.333. The largest absolute Gasteiger partial charge is 0.493 e. The highest BCUT2D eigenvalue weighted by atomic mass is 16.5. The molecule has 0 aliphatic heterocycles. The van der Waals surface area contributed by atoms with Crippen molar-refractivity contribution >= 4 is 5.91 Å². The summed E-state index contributed by atoms with van der Waals surface area (Å²) >= 11 is 0. The quantitative estimate of drug-likeness (QED) is 0.847. The third kappa shape index (κ3) is 3.85. The van der Waals surface area contributed by atoms with Gasteiger partial charge in [-0.05, 0) is 26.0 Å². The van der Waals surface area contributed by atoms with E-state index in [0.29, 0.717) is 19.6 Å². The van der Waals surface area contributed by atoms with Crippen molar-refractivity contribution in [3.05, 3.63) is 47.3 Å². The van der Waals surface area contributed by atoms with E-state index in [2.05, 4.69) is 15.5 Å². The number of carbonyl (C=O) groups is 1. The fourth-order valence-electron chi connectivity index (χ4n) is 1.89. The average molecular weight is 273 g/mol. The number of nitrogens with zero attached hydrogens (tertiary/aromatic N) is 1. The Morgan fingerprint density at radius 1 is 1.30 bits per heavy atom. The Morgan fingerprint density at radius 2 is 2.05 bits per heavy atom. The van der Waals surface area contributed by atoms with Crippen molar-refractivity contribution in [1.82, 2.24) is 15.5 Å². The molecule has 1 heterocycles. The van der Waals surface area contributed by atoms with Gasteiger partial charge < -0.3 is 10.1 Å². The lowest BCUT2D eigenvalue weighted by Gasteiger charge is -2.07. The highest BCUT2D eigenvalue weighted by Crippen LogP contribution is 2.09. The molecule has 0 fully saturated rings. The first kappa shape index (κ1) is 14.1. The van der Waals surface area contributed by atoms with Gasteiger partial charge in [0.1, 0.15) is 5.75 Å². The van der Waals surface area contributed by atoms with E-state index in [1.54, 1.807) is 0 Å². The number of aryl methyl sites for hydroxylation is 2. The van der Waals surface area contributed by atoms with Crippen molar-refractivity contribution in [1.29, 1.82) is 0 Å². The van der Waals surface area contributed by atoms with Gasteiger partial charge in [-0.25, -0.2) is 0 Å². The summed E-state index contributed by atoms with van der Waals surface area (Å²) < 4.78 is 5.48. The molecule has 5 nitrogen and oxygen atoms in total. The number of carbonyl (C=O) groups excluding carboxylic acids is 1. The molecule has 20 heavy (non-hydrogen) atoms. The molecular formula is C15H19N3O2. The van der Waals surface area contributed by atoms with Gasteiger partial charge in [0.25, 0.3) is 0 Å². The molecule has 0 atom stereocenters. The highest BCUT2D eigenvalue weighted by molar-refractivity contribution is 5.76. The molecule has 2 rings (SSSR count). The van der Waals surface area contributed by atoms with Crippen LogP contribution in [0.5, 0.6) is 5.75 Å². The van der Waals surface area contributed by atoms with Gasteiger partial charge in [-0.1, -0.05) is 18.2 Å². The molecule has 0 radical (unpaired) electrons. The molecule has 0 saturated heterocycles. The monoisotopic (exact) mass is 273 g/mol. The molecular weight excluding hydrogens is 254 g/mol. The molecule has 1 aromatic heterocycles. The molecule has 0 spiro atoms. The summed E-state index contributed by atoms with van der Waals surface area (Å²) in [5, 5.41) is 9.87. The van der Waals surface area contributed by atoms with Gasteiger partial charge in [-0.15, -0.1) is 0 Å². The molecule has 0 unspecified atom stereocenters. The number of aromatic nitrogens is 2. The summed E-state index contributed by atoms with van der Waals surface area (Å²) in [5.41, 5.74) is 2.95. The van der Waals surface area contributed by atoms with E-state index in [-0.39, 0.29) is 5.91 Å². The van der Waals surface area contributed by atoms with Gasteiger partial charge in [0.15, 0.2) is 0 Å². The topological polar surface area (TPSA) is 67.0 Å². The van der Waals surface area contributed by atoms with E-state index in [4.69, 9.17) is 4.74 Å². The van der Waals surface area contributed by atoms with Crippen molar-refractivity contribution < 1.29 is 9.53 Å². The molecule has 106 valence electrons. The van der Waals surface area contributed by atoms with Gasteiger partial charge in [-0.2, -0.15) is 5.10 Å². The molecule has 0 saturated carbocycles. The number of para-hydroxylation sites is 1. The fourth-order valence-corrected chi connectivity index (χ4v) is 1.89. The molecule has 5 heteroatoms. The van der Waals surface area contributed by atoms with Gasteiger partial charge in [-0.3, -0.25) is 9.89 Å². The standard InChI is InChI=1S/C15H19N3O2/c1-11-14(12(2)18-17-11)10-16-15(19)8-9-20-13-6-4-3-5-7-13/h3-7H,8-10H2,1-2H3,(H,16,19)(H,17,18). The number of amides is 1. The first-order chi connectivity index (χ1) is 9.66. The molecule has 0 bridgehead atoms. The lowest BCUT2D eigenvalue weighted by atomic mass is 10.2.